The molecule has 0 N–H and O–H groups in total. The first kappa shape index (κ1) is 14.6. The van der Waals surface area contributed by atoms with Gasteiger partial charge in [-0.1, -0.05) is 23.4 Å². The van der Waals surface area contributed by atoms with Crippen LogP contribution in [0.25, 0.3) is 5.69 Å². The molecule has 0 bridgehead atoms. The lowest BCUT2D eigenvalue weighted by atomic mass is 10.1. The number of carbonyl (C=O) groups is 1. The fraction of sp³-hybridized carbons (Fsp3) is 0.294. The van der Waals surface area contributed by atoms with Crippen molar-refractivity contribution in [1.82, 2.24) is 29.7 Å². The lowest BCUT2D eigenvalue weighted by Gasteiger charge is -2.32. The van der Waals surface area contributed by atoms with E-state index in [0.717, 1.165) is 25.1 Å². The predicted octanol–water partition coefficient (Wildman–Crippen LogP) is 1.94. The lowest BCUT2D eigenvalue weighted by Crippen LogP contribution is -2.41. The zero-order valence-corrected chi connectivity index (χ0v) is 13.2. The van der Waals surface area contributed by atoms with E-state index in [9.17, 15) is 4.79 Å². The van der Waals surface area contributed by atoms with Crippen LogP contribution in [0.5, 0.6) is 0 Å². The molecule has 0 radical (unpaired) electrons. The normalized spacial score (nSPS) is 17.8. The maximum atomic E-state index is 12.7. The second-order valence-electron chi connectivity index (χ2n) is 5.92. The molecule has 1 fully saturated rings. The van der Waals surface area contributed by atoms with Crippen LogP contribution >= 0.6 is 0 Å². The van der Waals surface area contributed by atoms with Crippen LogP contribution in [-0.2, 0) is 0 Å². The summed E-state index contributed by atoms with van der Waals surface area (Å²) in [4.78, 5) is 14.6. The maximum absolute atomic E-state index is 12.7. The predicted molar refractivity (Wildman–Crippen MR) is 87.8 cm³/mol. The van der Waals surface area contributed by atoms with Crippen LogP contribution in [-0.4, -0.2) is 48.7 Å². The van der Waals surface area contributed by atoms with Crippen molar-refractivity contribution in [3.05, 3.63) is 60.7 Å². The Morgan fingerprint density at radius 2 is 2.04 bits per heavy atom. The van der Waals surface area contributed by atoms with Crippen molar-refractivity contribution in [2.24, 2.45) is 0 Å². The molecule has 3 heterocycles. The molecule has 0 spiro atoms. The number of hydrogen-bond acceptors (Lipinski definition) is 4. The molecule has 1 saturated heterocycles. The Bertz CT molecular complexity index is 811. The molecular weight excluding hydrogens is 304 g/mol. The summed E-state index contributed by atoms with van der Waals surface area (Å²) in [5.74, 6) is -0.0750. The number of carbonyl (C=O) groups excluding carboxylic acids is 1. The summed E-state index contributed by atoms with van der Waals surface area (Å²) < 4.78 is 3.56. The molecule has 122 valence electrons. The number of benzene rings is 1. The molecule has 0 aliphatic carbocycles. The van der Waals surface area contributed by atoms with Gasteiger partial charge in [0, 0.05) is 25.5 Å². The standard InChI is InChI=1S/C17H18N6O/c24-17(16-13-23(20-19-16)14-6-2-1-3-7-14)21-10-4-8-15(12-21)22-11-5-9-18-22/h1-3,5-7,9,11,13,15H,4,8,10,12H2/t15-/m1/s1. The van der Waals surface area contributed by atoms with E-state index in [1.165, 1.54) is 0 Å². The van der Waals surface area contributed by atoms with Crippen molar-refractivity contribution >= 4 is 5.91 Å². The second kappa shape index (κ2) is 6.27. The average Bonchev–Trinajstić information content (AvgIpc) is 3.34. The third kappa shape index (κ3) is 2.80. The van der Waals surface area contributed by atoms with E-state index in [1.807, 2.05) is 52.2 Å². The van der Waals surface area contributed by atoms with Gasteiger partial charge in [-0.15, -0.1) is 5.10 Å². The van der Waals surface area contributed by atoms with Crippen molar-refractivity contribution < 1.29 is 4.79 Å². The van der Waals surface area contributed by atoms with E-state index in [2.05, 4.69) is 15.4 Å². The van der Waals surface area contributed by atoms with Crippen molar-refractivity contribution in [1.29, 1.82) is 0 Å². The molecule has 1 aliphatic rings. The number of likely N-dealkylation sites (tertiary alicyclic amines) is 1. The van der Waals surface area contributed by atoms with Gasteiger partial charge in [-0.25, -0.2) is 4.68 Å². The highest BCUT2D eigenvalue weighted by molar-refractivity contribution is 5.92. The van der Waals surface area contributed by atoms with Gasteiger partial charge in [0.05, 0.1) is 17.9 Å². The highest BCUT2D eigenvalue weighted by atomic mass is 16.2. The van der Waals surface area contributed by atoms with Gasteiger partial charge in [0.1, 0.15) is 0 Å². The van der Waals surface area contributed by atoms with Crippen LogP contribution in [0.4, 0.5) is 0 Å². The minimum atomic E-state index is -0.0750. The first-order chi connectivity index (χ1) is 11.8. The lowest BCUT2D eigenvalue weighted by molar-refractivity contribution is 0.0667. The molecule has 2 aromatic heterocycles. The van der Waals surface area contributed by atoms with Crippen LogP contribution in [0, 0.1) is 0 Å². The van der Waals surface area contributed by atoms with Gasteiger partial charge in [-0.2, -0.15) is 5.10 Å². The average molecular weight is 322 g/mol. The zero-order valence-electron chi connectivity index (χ0n) is 13.2. The quantitative estimate of drug-likeness (QED) is 0.739. The van der Waals surface area contributed by atoms with E-state index in [1.54, 1.807) is 17.1 Å². The monoisotopic (exact) mass is 322 g/mol. The molecule has 1 aromatic carbocycles. The Balaban J connectivity index is 1.50. The second-order valence-corrected chi connectivity index (χ2v) is 5.92. The highest BCUT2D eigenvalue weighted by Crippen LogP contribution is 2.21. The van der Waals surface area contributed by atoms with Crippen molar-refractivity contribution in [2.75, 3.05) is 13.1 Å². The largest absolute Gasteiger partial charge is 0.335 e. The fourth-order valence-electron chi connectivity index (χ4n) is 3.08. The number of piperidine rings is 1. The van der Waals surface area contributed by atoms with Crippen LogP contribution in [0.15, 0.2) is 55.0 Å². The molecule has 1 amide bonds. The summed E-state index contributed by atoms with van der Waals surface area (Å²) in [6, 6.07) is 11.8. The van der Waals surface area contributed by atoms with E-state index in [0.29, 0.717) is 12.2 Å². The fourth-order valence-corrected chi connectivity index (χ4v) is 3.08. The number of rotatable bonds is 3. The molecule has 7 nitrogen and oxygen atoms in total. The van der Waals surface area contributed by atoms with Crippen LogP contribution in [0.3, 0.4) is 0 Å². The number of hydrogen-bond donors (Lipinski definition) is 0. The number of amides is 1. The number of nitrogens with zero attached hydrogens (tertiary/aromatic N) is 6. The van der Waals surface area contributed by atoms with E-state index in [-0.39, 0.29) is 11.9 Å². The molecular formula is C17H18N6O. The molecule has 0 saturated carbocycles. The smallest absolute Gasteiger partial charge is 0.276 e. The Morgan fingerprint density at radius 3 is 2.83 bits per heavy atom. The molecule has 3 aromatic rings. The molecule has 4 rings (SSSR count). The van der Waals surface area contributed by atoms with Gasteiger partial charge in [0.2, 0.25) is 0 Å². The Hall–Kier alpha value is -2.96. The van der Waals surface area contributed by atoms with Gasteiger partial charge in [0.15, 0.2) is 5.69 Å². The summed E-state index contributed by atoms with van der Waals surface area (Å²) in [5, 5.41) is 12.4. The summed E-state index contributed by atoms with van der Waals surface area (Å²) in [6.45, 7) is 1.40. The van der Waals surface area contributed by atoms with Gasteiger partial charge < -0.3 is 4.90 Å². The summed E-state index contributed by atoms with van der Waals surface area (Å²) in [6.07, 6.45) is 7.40. The Kier molecular flexibility index (Phi) is 3.82. The minimum absolute atomic E-state index is 0.0750. The highest BCUT2D eigenvalue weighted by Gasteiger charge is 2.27. The molecule has 1 aliphatic heterocycles. The van der Waals surface area contributed by atoms with Crippen LogP contribution in [0.2, 0.25) is 0 Å². The summed E-state index contributed by atoms with van der Waals surface area (Å²) in [7, 11) is 0. The van der Waals surface area contributed by atoms with E-state index < -0.39 is 0 Å². The van der Waals surface area contributed by atoms with E-state index in [4.69, 9.17) is 0 Å². The first-order valence-corrected chi connectivity index (χ1v) is 8.07. The minimum Gasteiger partial charge on any atom is -0.335 e. The van der Waals surface area contributed by atoms with Crippen LogP contribution in [0.1, 0.15) is 29.4 Å². The Morgan fingerprint density at radius 1 is 1.17 bits per heavy atom. The van der Waals surface area contributed by atoms with Crippen molar-refractivity contribution in [3.63, 3.8) is 0 Å². The molecule has 1 atom stereocenters. The van der Waals surface area contributed by atoms with Crippen molar-refractivity contribution in [3.8, 4) is 5.69 Å². The Labute approximate surface area is 139 Å². The van der Waals surface area contributed by atoms with Gasteiger partial charge in [-0.3, -0.25) is 9.48 Å². The topological polar surface area (TPSA) is 68.8 Å². The zero-order chi connectivity index (χ0) is 16.4. The number of aromatic nitrogens is 5. The third-order valence-electron chi connectivity index (χ3n) is 4.32. The summed E-state index contributed by atoms with van der Waals surface area (Å²) >= 11 is 0. The third-order valence-corrected chi connectivity index (χ3v) is 4.32. The van der Waals surface area contributed by atoms with E-state index >= 15 is 0 Å². The maximum Gasteiger partial charge on any atom is 0.276 e. The van der Waals surface area contributed by atoms with Gasteiger partial charge in [0.25, 0.3) is 5.91 Å². The molecule has 0 unspecified atom stereocenters. The van der Waals surface area contributed by atoms with Gasteiger partial charge >= 0.3 is 0 Å². The number of para-hydroxylation sites is 1. The van der Waals surface area contributed by atoms with Gasteiger partial charge in [-0.05, 0) is 31.0 Å². The van der Waals surface area contributed by atoms with Crippen molar-refractivity contribution in [2.45, 2.75) is 18.9 Å². The van der Waals surface area contributed by atoms with Crippen LogP contribution < -0.4 is 0 Å². The summed E-state index contributed by atoms with van der Waals surface area (Å²) in [5.41, 5.74) is 1.26. The molecule has 7 heteroatoms. The first-order valence-electron chi connectivity index (χ1n) is 8.07. The molecule has 24 heavy (non-hydrogen) atoms. The SMILES string of the molecule is O=C(c1cn(-c2ccccc2)nn1)N1CCC[C@@H](n2cccn2)C1.